The first-order valence-electron chi connectivity index (χ1n) is 14.1. The number of ether oxygens (including phenoxy) is 2. The number of carbonyl (C=O) groups excluding carboxylic acids is 3. The van der Waals surface area contributed by atoms with Crippen LogP contribution in [0.15, 0.2) is 48.5 Å². The highest BCUT2D eigenvalue weighted by Crippen LogP contribution is 2.28. The predicted molar refractivity (Wildman–Crippen MR) is 159 cm³/mol. The molecule has 46 heavy (non-hydrogen) atoms. The Morgan fingerprint density at radius 3 is 1.98 bits per heavy atom. The van der Waals surface area contributed by atoms with Gasteiger partial charge in [0, 0.05) is 57.4 Å². The van der Waals surface area contributed by atoms with E-state index in [-0.39, 0.29) is 56.6 Å². The topological polar surface area (TPSA) is 209 Å². The average molecular weight is 664 g/mol. The van der Waals surface area contributed by atoms with Crippen LogP contribution in [-0.4, -0.2) is 103 Å². The maximum absolute atomic E-state index is 13.6. The SMILES string of the molecule is CN(C[C@H]1CCN(C(=O)[C@@H]2C[C@@H](OS(C)(=O)=O)CN2C(=O)OCc2ccc([N+](=O)[O-])cc2)C1)C(=O)OCc1ccc([N+](=O)[O-])cc1. The summed E-state index contributed by atoms with van der Waals surface area (Å²) in [5, 5.41) is 21.7. The van der Waals surface area contributed by atoms with Gasteiger partial charge in [-0.3, -0.25) is 34.1 Å². The fraction of sp³-hybridized carbons (Fsp3) is 0.464. The zero-order valence-electron chi connectivity index (χ0n) is 25.1. The number of nitro groups is 2. The van der Waals surface area contributed by atoms with Crippen LogP contribution in [0, 0.1) is 26.1 Å². The fourth-order valence-corrected chi connectivity index (χ4v) is 5.95. The van der Waals surface area contributed by atoms with Crippen LogP contribution in [-0.2, 0) is 41.8 Å². The lowest BCUT2D eigenvalue weighted by Crippen LogP contribution is -2.47. The first kappa shape index (κ1) is 34.0. The Bertz CT molecular complexity index is 1570. The smallest absolute Gasteiger partial charge is 0.410 e. The van der Waals surface area contributed by atoms with E-state index < -0.39 is 50.2 Å². The molecule has 2 aliphatic heterocycles. The Hall–Kier alpha value is -4.84. The van der Waals surface area contributed by atoms with E-state index in [1.165, 1.54) is 53.4 Å². The van der Waals surface area contributed by atoms with Crippen molar-refractivity contribution >= 4 is 39.6 Å². The first-order valence-corrected chi connectivity index (χ1v) is 16.0. The Morgan fingerprint density at radius 1 is 0.913 bits per heavy atom. The van der Waals surface area contributed by atoms with Gasteiger partial charge < -0.3 is 19.3 Å². The maximum Gasteiger partial charge on any atom is 0.410 e. The summed E-state index contributed by atoms with van der Waals surface area (Å²) in [5.74, 6) is -0.523. The van der Waals surface area contributed by atoms with E-state index in [2.05, 4.69) is 0 Å². The van der Waals surface area contributed by atoms with Gasteiger partial charge in [-0.15, -0.1) is 0 Å². The van der Waals surface area contributed by atoms with Crippen LogP contribution in [0.1, 0.15) is 24.0 Å². The van der Waals surface area contributed by atoms with Crippen molar-refractivity contribution in [3.8, 4) is 0 Å². The Labute approximate surface area is 264 Å². The molecule has 3 amide bonds. The molecule has 3 atom stereocenters. The molecule has 17 nitrogen and oxygen atoms in total. The van der Waals surface area contributed by atoms with E-state index in [0.29, 0.717) is 24.1 Å². The Kier molecular flexibility index (Phi) is 10.7. The fourth-order valence-electron chi connectivity index (χ4n) is 5.32. The number of hydrogen-bond donors (Lipinski definition) is 0. The Morgan fingerprint density at radius 2 is 1.46 bits per heavy atom. The van der Waals surface area contributed by atoms with Gasteiger partial charge in [-0.25, -0.2) is 9.59 Å². The number of benzene rings is 2. The quantitative estimate of drug-likeness (QED) is 0.193. The van der Waals surface area contributed by atoms with Crippen molar-refractivity contribution in [2.75, 3.05) is 39.5 Å². The van der Waals surface area contributed by atoms with Crippen LogP contribution in [0.25, 0.3) is 0 Å². The summed E-state index contributed by atoms with van der Waals surface area (Å²) in [7, 11) is -2.33. The summed E-state index contributed by atoms with van der Waals surface area (Å²) in [6.45, 7) is 0.375. The van der Waals surface area contributed by atoms with Gasteiger partial charge in [0.25, 0.3) is 21.5 Å². The molecular formula is C28H33N5O12S. The highest BCUT2D eigenvalue weighted by Gasteiger charge is 2.45. The number of amides is 3. The molecule has 0 saturated carbocycles. The largest absolute Gasteiger partial charge is 0.445 e. The second-order valence-corrected chi connectivity index (χ2v) is 12.7. The molecule has 0 N–H and O–H groups in total. The molecule has 2 aromatic rings. The van der Waals surface area contributed by atoms with Crippen molar-refractivity contribution < 1.29 is 46.3 Å². The summed E-state index contributed by atoms with van der Waals surface area (Å²) >= 11 is 0. The summed E-state index contributed by atoms with van der Waals surface area (Å²) < 4.78 is 39.3. The minimum absolute atomic E-state index is 0.0748. The number of nitro benzene ring substituents is 2. The molecule has 2 saturated heterocycles. The van der Waals surface area contributed by atoms with E-state index in [1.54, 1.807) is 11.9 Å². The first-order chi connectivity index (χ1) is 21.7. The molecule has 2 fully saturated rings. The van der Waals surface area contributed by atoms with E-state index in [0.717, 1.165) is 11.2 Å². The number of carbonyl (C=O) groups is 3. The Balaban J connectivity index is 1.32. The zero-order chi connectivity index (χ0) is 33.6. The molecule has 18 heteroatoms. The lowest BCUT2D eigenvalue weighted by atomic mass is 10.1. The number of non-ortho nitro benzene ring substituents is 2. The third-order valence-electron chi connectivity index (χ3n) is 7.55. The van der Waals surface area contributed by atoms with E-state index in [4.69, 9.17) is 13.7 Å². The van der Waals surface area contributed by atoms with Crippen molar-refractivity contribution in [2.24, 2.45) is 5.92 Å². The summed E-state index contributed by atoms with van der Waals surface area (Å²) in [6.07, 6.45) is -1.09. The average Bonchev–Trinajstić information content (AvgIpc) is 3.65. The van der Waals surface area contributed by atoms with Crippen molar-refractivity contribution in [1.29, 1.82) is 0 Å². The van der Waals surface area contributed by atoms with Gasteiger partial charge in [-0.2, -0.15) is 8.42 Å². The van der Waals surface area contributed by atoms with Crippen LogP contribution in [0.4, 0.5) is 21.0 Å². The van der Waals surface area contributed by atoms with Gasteiger partial charge in [-0.1, -0.05) is 0 Å². The van der Waals surface area contributed by atoms with Gasteiger partial charge in [0.05, 0.1) is 28.8 Å². The van der Waals surface area contributed by atoms with Crippen LogP contribution in [0.3, 0.4) is 0 Å². The molecule has 4 rings (SSSR count). The van der Waals surface area contributed by atoms with Gasteiger partial charge in [0.15, 0.2) is 0 Å². The molecule has 2 aliphatic rings. The molecule has 0 radical (unpaired) electrons. The number of hydrogen-bond acceptors (Lipinski definition) is 12. The van der Waals surface area contributed by atoms with Gasteiger partial charge in [0.1, 0.15) is 19.3 Å². The molecular weight excluding hydrogens is 630 g/mol. The van der Waals surface area contributed by atoms with Crippen molar-refractivity contribution in [3.05, 3.63) is 79.9 Å². The van der Waals surface area contributed by atoms with Crippen LogP contribution >= 0.6 is 0 Å². The lowest BCUT2D eigenvalue weighted by Gasteiger charge is -2.27. The monoisotopic (exact) mass is 663 g/mol. The highest BCUT2D eigenvalue weighted by molar-refractivity contribution is 7.86. The minimum atomic E-state index is -3.88. The summed E-state index contributed by atoms with van der Waals surface area (Å²) in [5.41, 5.74) is 0.847. The van der Waals surface area contributed by atoms with E-state index in [1.807, 2.05) is 0 Å². The molecule has 2 aromatic carbocycles. The van der Waals surface area contributed by atoms with Crippen molar-refractivity contribution in [1.82, 2.24) is 14.7 Å². The lowest BCUT2D eigenvalue weighted by molar-refractivity contribution is -0.385. The van der Waals surface area contributed by atoms with Gasteiger partial charge >= 0.3 is 12.2 Å². The van der Waals surface area contributed by atoms with E-state index in [9.17, 15) is 43.0 Å². The highest BCUT2D eigenvalue weighted by atomic mass is 32.2. The third kappa shape index (κ3) is 9.10. The van der Waals surface area contributed by atoms with Crippen molar-refractivity contribution in [3.63, 3.8) is 0 Å². The standard InChI is InChI=1S/C28H33N5O12S/c1-29(27(35)43-17-19-3-7-22(8-4-19)32(37)38)14-21-11-12-30(15-21)26(34)25-13-24(45-46(2,41)42)16-31(25)28(36)44-18-20-5-9-23(10-6-20)33(39)40/h3-10,21,24-25H,11-18H2,1-2H3/t21-,24-,25+/m1/s1. The minimum Gasteiger partial charge on any atom is -0.445 e. The summed E-state index contributed by atoms with van der Waals surface area (Å²) in [4.78, 5) is 63.8. The molecule has 0 unspecified atom stereocenters. The summed E-state index contributed by atoms with van der Waals surface area (Å²) in [6, 6.07) is 9.96. The maximum atomic E-state index is 13.6. The third-order valence-corrected chi connectivity index (χ3v) is 8.18. The number of nitrogens with zero attached hydrogens (tertiary/aromatic N) is 5. The van der Waals surface area contributed by atoms with Crippen LogP contribution < -0.4 is 0 Å². The second kappa shape index (κ2) is 14.5. The van der Waals surface area contributed by atoms with Gasteiger partial charge in [0.2, 0.25) is 5.91 Å². The number of likely N-dealkylation sites (tertiary alicyclic amines) is 2. The molecule has 0 aliphatic carbocycles. The molecule has 248 valence electrons. The molecule has 2 heterocycles. The van der Waals surface area contributed by atoms with Crippen LogP contribution in [0.2, 0.25) is 0 Å². The zero-order valence-corrected chi connectivity index (χ0v) is 25.9. The van der Waals surface area contributed by atoms with Crippen LogP contribution in [0.5, 0.6) is 0 Å². The molecule has 0 aromatic heterocycles. The number of rotatable bonds is 11. The second-order valence-electron chi connectivity index (χ2n) is 11.1. The normalized spacial score (nSPS) is 19.5. The van der Waals surface area contributed by atoms with Gasteiger partial charge in [-0.05, 0) is 47.7 Å². The van der Waals surface area contributed by atoms with E-state index >= 15 is 0 Å². The van der Waals surface area contributed by atoms with Crippen molar-refractivity contribution in [2.45, 2.75) is 38.2 Å². The predicted octanol–water partition coefficient (Wildman–Crippen LogP) is 2.68. The molecule has 0 spiro atoms. The molecule has 0 bridgehead atoms.